The van der Waals surface area contributed by atoms with Gasteiger partial charge in [0, 0.05) is 6.20 Å². The number of hydrogen-bond donors (Lipinski definition) is 3. The van der Waals surface area contributed by atoms with Crippen molar-refractivity contribution in [2.45, 2.75) is 13.0 Å². The quantitative estimate of drug-likeness (QED) is 0.421. The first kappa shape index (κ1) is 13.6. The Labute approximate surface area is 114 Å². The van der Waals surface area contributed by atoms with Crippen LogP contribution in [0.5, 0.6) is 0 Å². The van der Waals surface area contributed by atoms with Crippen LogP contribution in [0, 0.1) is 10.1 Å². The minimum atomic E-state index is -0.562. The summed E-state index contributed by atoms with van der Waals surface area (Å²) >= 11 is 0. The Balaban J connectivity index is 2.29. The number of nitrogens with zero attached hydrogens (tertiary/aromatic N) is 4. The molecule has 2 rings (SSSR count). The van der Waals surface area contributed by atoms with E-state index in [1.807, 2.05) is 19.1 Å². The molecule has 0 aliphatic carbocycles. The van der Waals surface area contributed by atoms with E-state index in [-0.39, 0.29) is 23.5 Å². The molecule has 0 amide bonds. The monoisotopic (exact) mass is 275 g/mol. The molecular weight excluding hydrogens is 262 g/mol. The van der Waals surface area contributed by atoms with Gasteiger partial charge < -0.3 is 5.32 Å². The molecule has 0 spiro atoms. The molecule has 0 saturated heterocycles. The molecule has 2 heterocycles. The van der Waals surface area contributed by atoms with Gasteiger partial charge in [0.25, 0.3) is 0 Å². The number of pyridine rings is 1. The summed E-state index contributed by atoms with van der Waals surface area (Å²) in [6, 6.07) is 5.18. The molecule has 1 unspecified atom stereocenters. The van der Waals surface area contributed by atoms with Crippen molar-refractivity contribution in [2.24, 2.45) is 5.84 Å². The number of hydrogen-bond acceptors (Lipinski definition) is 8. The molecule has 0 bridgehead atoms. The second-order valence-corrected chi connectivity index (χ2v) is 3.95. The summed E-state index contributed by atoms with van der Waals surface area (Å²) in [6.45, 7) is 1.82. The van der Waals surface area contributed by atoms with Gasteiger partial charge in [-0.15, -0.1) is 0 Å². The van der Waals surface area contributed by atoms with Gasteiger partial charge >= 0.3 is 5.69 Å². The van der Waals surface area contributed by atoms with E-state index in [0.717, 1.165) is 11.9 Å². The topological polar surface area (TPSA) is 132 Å². The highest BCUT2D eigenvalue weighted by atomic mass is 16.6. The SMILES string of the molecule is CC(Nc1nc(NN)ncc1[N+](=O)[O-])c1ccccn1. The van der Waals surface area contributed by atoms with Gasteiger partial charge in [0.05, 0.1) is 16.7 Å². The van der Waals surface area contributed by atoms with Gasteiger partial charge in [-0.1, -0.05) is 6.07 Å². The average molecular weight is 275 g/mol. The van der Waals surface area contributed by atoms with Gasteiger partial charge in [0.2, 0.25) is 11.8 Å². The number of rotatable bonds is 5. The van der Waals surface area contributed by atoms with Crippen molar-refractivity contribution in [1.82, 2.24) is 15.0 Å². The minimum absolute atomic E-state index is 0.0797. The predicted molar refractivity (Wildman–Crippen MR) is 72.8 cm³/mol. The zero-order chi connectivity index (χ0) is 14.5. The first-order valence-corrected chi connectivity index (χ1v) is 5.77. The summed E-state index contributed by atoms with van der Waals surface area (Å²) in [5.41, 5.74) is 2.75. The lowest BCUT2D eigenvalue weighted by Gasteiger charge is -2.14. The maximum absolute atomic E-state index is 11.0. The van der Waals surface area contributed by atoms with Gasteiger partial charge in [-0.3, -0.25) is 20.5 Å². The van der Waals surface area contributed by atoms with E-state index in [9.17, 15) is 10.1 Å². The Kier molecular flexibility index (Phi) is 4.01. The number of nitro groups is 1. The smallest absolute Gasteiger partial charge is 0.329 e. The lowest BCUT2D eigenvalue weighted by Crippen LogP contribution is -2.15. The van der Waals surface area contributed by atoms with Gasteiger partial charge in [-0.2, -0.15) is 4.98 Å². The zero-order valence-electron chi connectivity index (χ0n) is 10.6. The van der Waals surface area contributed by atoms with Crippen LogP contribution >= 0.6 is 0 Å². The summed E-state index contributed by atoms with van der Waals surface area (Å²) in [4.78, 5) is 22.2. The fraction of sp³-hybridized carbons (Fsp3) is 0.182. The third kappa shape index (κ3) is 2.95. The van der Waals surface area contributed by atoms with Crippen molar-refractivity contribution in [1.29, 1.82) is 0 Å². The molecule has 0 fully saturated rings. The van der Waals surface area contributed by atoms with E-state index < -0.39 is 4.92 Å². The normalized spacial score (nSPS) is 11.7. The molecule has 0 aliphatic rings. The number of nitrogen functional groups attached to an aromatic ring is 1. The lowest BCUT2D eigenvalue weighted by atomic mass is 10.2. The standard InChI is InChI=1S/C11H13N7O2/c1-7(8-4-2-3-5-13-8)15-10-9(18(19)20)6-14-11(16-10)17-12/h2-7H,12H2,1H3,(H2,14,15,16,17). The lowest BCUT2D eigenvalue weighted by molar-refractivity contribution is -0.384. The molecule has 9 heteroatoms. The summed E-state index contributed by atoms with van der Waals surface area (Å²) in [5.74, 6) is 5.37. The molecule has 104 valence electrons. The van der Waals surface area contributed by atoms with Crippen molar-refractivity contribution in [3.8, 4) is 0 Å². The zero-order valence-corrected chi connectivity index (χ0v) is 10.6. The van der Waals surface area contributed by atoms with E-state index >= 15 is 0 Å². The van der Waals surface area contributed by atoms with E-state index in [1.54, 1.807) is 12.3 Å². The number of nitrogens with two attached hydrogens (primary N) is 1. The van der Waals surface area contributed by atoms with Crippen LogP contribution in [0.4, 0.5) is 17.5 Å². The van der Waals surface area contributed by atoms with E-state index in [0.29, 0.717) is 0 Å². The fourth-order valence-corrected chi connectivity index (χ4v) is 1.60. The second-order valence-electron chi connectivity index (χ2n) is 3.95. The molecule has 0 radical (unpaired) electrons. The number of hydrazine groups is 1. The minimum Gasteiger partial charge on any atom is -0.356 e. The largest absolute Gasteiger partial charge is 0.356 e. The summed E-state index contributed by atoms with van der Waals surface area (Å²) < 4.78 is 0. The van der Waals surface area contributed by atoms with Crippen LogP contribution in [0.1, 0.15) is 18.7 Å². The summed E-state index contributed by atoms with van der Waals surface area (Å²) in [5, 5.41) is 13.9. The molecule has 1 atom stereocenters. The molecule has 0 aliphatic heterocycles. The van der Waals surface area contributed by atoms with E-state index in [4.69, 9.17) is 5.84 Å². The Morgan fingerprint density at radius 2 is 2.20 bits per heavy atom. The van der Waals surface area contributed by atoms with Crippen LogP contribution in [-0.4, -0.2) is 19.9 Å². The van der Waals surface area contributed by atoms with Crippen LogP contribution in [0.25, 0.3) is 0 Å². The molecule has 0 saturated carbocycles. The highest BCUT2D eigenvalue weighted by Crippen LogP contribution is 2.25. The van der Waals surface area contributed by atoms with Crippen molar-refractivity contribution in [2.75, 3.05) is 10.7 Å². The van der Waals surface area contributed by atoms with Crippen molar-refractivity contribution >= 4 is 17.5 Å². The van der Waals surface area contributed by atoms with Crippen LogP contribution in [-0.2, 0) is 0 Å². The molecule has 4 N–H and O–H groups in total. The first-order chi connectivity index (χ1) is 9.61. The Morgan fingerprint density at radius 1 is 1.40 bits per heavy atom. The van der Waals surface area contributed by atoms with E-state index in [2.05, 4.69) is 25.7 Å². The van der Waals surface area contributed by atoms with Crippen LogP contribution in [0.15, 0.2) is 30.6 Å². The van der Waals surface area contributed by atoms with Crippen molar-refractivity contribution in [3.05, 3.63) is 46.4 Å². The van der Waals surface area contributed by atoms with Crippen LogP contribution in [0.3, 0.4) is 0 Å². The number of nitrogens with one attached hydrogen (secondary N) is 2. The summed E-state index contributed by atoms with van der Waals surface area (Å²) in [6.07, 6.45) is 2.74. The molecule has 20 heavy (non-hydrogen) atoms. The molecular formula is C11H13N7O2. The third-order valence-corrected chi connectivity index (χ3v) is 2.58. The first-order valence-electron chi connectivity index (χ1n) is 5.77. The van der Waals surface area contributed by atoms with Crippen LogP contribution in [0.2, 0.25) is 0 Å². The third-order valence-electron chi connectivity index (χ3n) is 2.58. The Hall–Kier alpha value is -2.81. The Bertz CT molecular complexity index is 605. The number of aromatic nitrogens is 3. The number of anilines is 2. The van der Waals surface area contributed by atoms with Gasteiger partial charge in [-0.05, 0) is 19.1 Å². The van der Waals surface area contributed by atoms with Crippen molar-refractivity contribution < 1.29 is 4.92 Å². The predicted octanol–water partition coefficient (Wildman–Crippen LogP) is 1.24. The van der Waals surface area contributed by atoms with Crippen LogP contribution < -0.4 is 16.6 Å². The summed E-state index contributed by atoms with van der Waals surface area (Å²) in [7, 11) is 0. The molecule has 0 aromatic carbocycles. The fourth-order valence-electron chi connectivity index (χ4n) is 1.60. The van der Waals surface area contributed by atoms with Gasteiger partial charge in [-0.25, -0.2) is 10.8 Å². The van der Waals surface area contributed by atoms with Crippen molar-refractivity contribution in [3.63, 3.8) is 0 Å². The second kappa shape index (κ2) is 5.89. The van der Waals surface area contributed by atoms with E-state index in [1.165, 1.54) is 0 Å². The van der Waals surface area contributed by atoms with Gasteiger partial charge in [0.15, 0.2) is 0 Å². The maximum atomic E-state index is 11.0. The molecule has 9 nitrogen and oxygen atoms in total. The van der Waals surface area contributed by atoms with Gasteiger partial charge in [0.1, 0.15) is 6.20 Å². The Morgan fingerprint density at radius 3 is 2.80 bits per heavy atom. The molecule has 2 aromatic rings. The highest BCUT2D eigenvalue weighted by molar-refractivity contribution is 5.57. The maximum Gasteiger partial charge on any atom is 0.329 e. The highest BCUT2D eigenvalue weighted by Gasteiger charge is 2.19. The molecule has 2 aromatic heterocycles. The average Bonchev–Trinajstić information content (AvgIpc) is 2.47.